The number of fused-ring (bicyclic) bond motifs is 1. The number of hydrogen-bond acceptors (Lipinski definition) is 1. The van der Waals surface area contributed by atoms with Crippen LogP contribution in [0.4, 0.5) is 0 Å². The van der Waals surface area contributed by atoms with E-state index in [9.17, 15) is 0 Å². The molecule has 0 spiro atoms. The zero-order valence-corrected chi connectivity index (χ0v) is 21.4. The van der Waals surface area contributed by atoms with Crippen LogP contribution in [0.25, 0.3) is 11.1 Å². The summed E-state index contributed by atoms with van der Waals surface area (Å²) in [5, 5.41) is 8.03. The molecule has 0 aromatic heterocycles. The van der Waals surface area contributed by atoms with Gasteiger partial charge in [-0.1, -0.05) is 101 Å². The van der Waals surface area contributed by atoms with Crippen molar-refractivity contribution in [2.75, 3.05) is 0 Å². The fourth-order valence-electron chi connectivity index (χ4n) is 4.94. The summed E-state index contributed by atoms with van der Waals surface area (Å²) >= 11 is 0. The molecule has 0 amide bonds. The molecule has 0 heterocycles. The van der Waals surface area contributed by atoms with Crippen molar-refractivity contribution in [3.05, 3.63) is 106 Å². The zero-order chi connectivity index (χ0) is 24.1. The Kier molecular flexibility index (Phi) is 8.08. The van der Waals surface area contributed by atoms with Crippen molar-refractivity contribution in [3.8, 4) is 0 Å². The maximum absolute atomic E-state index is 8.03. The van der Waals surface area contributed by atoms with Crippen molar-refractivity contribution in [1.29, 1.82) is 5.41 Å². The van der Waals surface area contributed by atoms with E-state index < -0.39 is 0 Å². The molecule has 0 aliphatic heterocycles. The van der Waals surface area contributed by atoms with E-state index in [0.717, 1.165) is 18.4 Å². The highest BCUT2D eigenvalue weighted by atomic mass is 14.4. The average Bonchev–Trinajstić information content (AvgIpc) is 3.15. The van der Waals surface area contributed by atoms with Crippen molar-refractivity contribution in [2.45, 2.75) is 73.1 Å². The molecule has 172 valence electrons. The van der Waals surface area contributed by atoms with Gasteiger partial charge in [0.2, 0.25) is 0 Å². The predicted octanol–water partition coefficient (Wildman–Crippen LogP) is 9.06. The van der Waals surface area contributed by atoms with E-state index in [1.807, 2.05) is 6.92 Å². The summed E-state index contributed by atoms with van der Waals surface area (Å²) in [6.07, 6.45) is 2.09. The third kappa shape index (κ3) is 5.36. The second-order valence-corrected chi connectivity index (χ2v) is 9.69. The van der Waals surface area contributed by atoms with Crippen molar-refractivity contribution in [2.24, 2.45) is 0 Å². The van der Waals surface area contributed by atoms with E-state index in [-0.39, 0.29) is 0 Å². The van der Waals surface area contributed by atoms with Gasteiger partial charge in [0.15, 0.2) is 0 Å². The monoisotopic (exact) mass is 437 g/mol. The lowest BCUT2D eigenvalue weighted by Gasteiger charge is -2.14. The highest BCUT2D eigenvalue weighted by molar-refractivity contribution is 6.04. The Morgan fingerprint density at radius 3 is 1.94 bits per heavy atom. The molecular formula is C32H39N. The number of rotatable bonds is 5. The number of hydrogen-bond donors (Lipinski definition) is 1. The Morgan fingerprint density at radius 2 is 1.36 bits per heavy atom. The fraction of sp³-hybridized carbons (Fsp3) is 0.344. The van der Waals surface area contributed by atoms with E-state index in [4.69, 9.17) is 5.41 Å². The Balaban J connectivity index is 0.000000235. The predicted molar refractivity (Wildman–Crippen MR) is 146 cm³/mol. The van der Waals surface area contributed by atoms with Crippen LogP contribution in [-0.2, 0) is 12.8 Å². The lowest BCUT2D eigenvalue weighted by Crippen LogP contribution is -2.00. The molecule has 0 atom stereocenters. The van der Waals surface area contributed by atoms with Gasteiger partial charge in [-0.25, -0.2) is 0 Å². The molecule has 0 saturated heterocycles. The maximum atomic E-state index is 8.03. The van der Waals surface area contributed by atoms with E-state index in [1.165, 1.54) is 44.5 Å². The maximum Gasteiger partial charge on any atom is 0.0358 e. The molecular weight excluding hydrogens is 398 g/mol. The van der Waals surface area contributed by atoms with Gasteiger partial charge in [0.05, 0.1) is 0 Å². The molecule has 1 nitrogen and oxygen atoms in total. The van der Waals surface area contributed by atoms with Crippen LogP contribution >= 0.6 is 0 Å². The third-order valence-corrected chi connectivity index (χ3v) is 6.76. The number of benzene rings is 3. The second kappa shape index (κ2) is 10.8. The van der Waals surface area contributed by atoms with Crippen molar-refractivity contribution >= 4 is 16.9 Å². The van der Waals surface area contributed by atoms with Crippen LogP contribution < -0.4 is 0 Å². The van der Waals surface area contributed by atoms with Gasteiger partial charge in [-0.05, 0) is 88.6 Å². The van der Waals surface area contributed by atoms with Gasteiger partial charge in [-0.15, -0.1) is 0 Å². The summed E-state index contributed by atoms with van der Waals surface area (Å²) in [5.74, 6) is 1.18. The first-order valence-electron chi connectivity index (χ1n) is 12.3. The smallest absolute Gasteiger partial charge is 0.0358 e. The standard InChI is InChI=1S/C21H23N.C11H16/c1-13(2)16-8-5-6-9-19(16)20-12-21-17(14(20)3)10-7-11-18(21)15(4)22;1-4-10-7-5-6-8-11(10)9(2)3/h5-11,13,22H,12H2,1-4H3;5-9H,4H2,1-3H3. The molecule has 3 aromatic rings. The summed E-state index contributed by atoms with van der Waals surface area (Å²) in [5.41, 5.74) is 12.9. The fourth-order valence-corrected chi connectivity index (χ4v) is 4.94. The lowest BCUT2D eigenvalue weighted by molar-refractivity contribution is 0.844. The molecule has 4 rings (SSSR count). The van der Waals surface area contributed by atoms with Gasteiger partial charge < -0.3 is 5.41 Å². The molecule has 1 N–H and O–H groups in total. The molecule has 0 radical (unpaired) electrons. The molecule has 0 unspecified atom stereocenters. The highest BCUT2D eigenvalue weighted by Crippen LogP contribution is 2.41. The number of aryl methyl sites for hydroxylation is 1. The van der Waals surface area contributed by atoms with Crippen LogP contribution in [0.1, 0.15) is 99.2 Å². The van der Waals surface area contributed by atoms with E-state index in [2.05, 4.69) is 108 Å². The largest absolute Gasteiger partial charge is 0.305 e. The van der Waals surface area contributed by atoms with Crippen molar-refractivity contribution in [1.82, 2.24) is 0 Å². The Morgan fingerprint density at radius 1 is 0.788 bits per heavy atom. The van der Waals surface area contributed by atoms with Gasteiger partial charge in [0, 0.05) is 5.71 Å². The van der Waals surface area contributed by atoms with E-state index in [0.29, 0.717) is 17.5 Å². The Labute approximate surface area is 201 Å². The van der Waals surface area contributed by atoms with Crippen LogP contribution in [0, 0.1) is 5.41 Å². The van der Waals surface area contributed by atoms with Crippen LogP contribution in [0.5, 0.6) is 0 Å². The van der Waals surface area contributed by atoms with Gasteiger partial charge in [0.25, 0.3) is 0 Å². The van der Waals surface area contributed by atoms with Crippen molar-refractivity contribution in [3.63, 3.8) is 0 Å². The topological polar surface area (TPSA) is 23.9 Å². The third-order valence-electron chi connectivity index (χ3n) is 6.76. The Bertz CT molecular complexity index is 1160. The van der Waals surface area contributed by atoms with E-state index >= 15 is 0 Å². The summed E-state index contributed by atoms with van der Waals surface area (Å²) in [4.78, 5) is 0. The van der Waals surface area contributed by atoms with Crippen LogP contribution in [0.3, 0.4) is 0 Å². The van der Waals surface area contributed by atoms with E-state index in [1.54, 1.807) is 0 Å². The van der Waals surface area contributed by atoms with Gasteiger partial charge >= 0.3 is 0 Å². The first kappa shape index (κ1) is 24.7. The lowest BCUT2D eigenvalue weighted by atomic mass is 9.90. The minimum Gasteiger partial charge on any atom is -0.305 e. The molecule has 1 heteroatoms. The molecule has 1 aliphatic carbocycles. The highest BCUT2D eigenvalue weighted by Gasteiger charge is 2.24. The minimum atomic E-state index is 0.518. The molecule has 0 fully saturated rings. The summed E-state index contributed by atoms with van der Waals surface area (Å²) in [7, 11) is 0. The molecule has 3 aromatic carbocycles. The summed E-state index contributed by atoms with van der Waals surface area (Å²) < 4.78 is 0. The Hall–Kier alpha value is -2.93. The van der Waals surface area contributed by atoms with Gasteiger partial charge in [0.1, 0.15) is 0 Å². The minimum absolute atomic E-state index is 0.518. The quantitative estimate of drug-likeness (QED) is 0.385. The first-order valence-corrected chi connectivity index (χ1v) is 12.3. The summed E-state index contributed by atoms with van der Waals surface area (Å²) in [6, 6.07) is 23.8. The average molecular weight is 438 g/mol. The van der Waals surface area contributed by atoms with Crippen LogP contribution in [0.15, 0.2) is 66.7 Å². The molecule has 0 bridgehead atoms. The number of allylic oxidation sites excluding steroid dienone is 2. The number of nitrogens with one attached hydrogen (secondary N) is 1. The zero-order valence-electron chi connectivity index (χ0n) is 21.4. The SMILES string of the molecule is CC(=N)c1cccc2c1CC(c1ccccc1C(C)C)=C2C.CCc1ccccc1C(C)C. The normalized spacial score (nSPS) is 12.6. The summed E-state index contributed by atoms with van der Waals surface area (Å²) in [6.45, 7) is 15.3. The van der Waals surface area contributed by atoms with Crippen LogP contribution in [-0.4, -0.2) is 5.71 Å². The molecule has 33 heavy (non-hydrogen) atoms. The van der Waals surface area contributed by atoms with Crippen LogP contribution in [0.2, 0.25) is 0 Å². The van der Waals surface area contributed by atoms with Gasteiger partial charge in [-0.3, -0.25) is 0 Å². The second-order valence-electron chi connectivity index (χ2n) is 9.69. The first-order chi connectivity index (χ1) is 15.8. The molecule has 0 saturated carbocycles. The molecule has 1 aliphatic rings. The van der Waals surface area contributed by atoms with Crippen molar-refractivity contribution < 1.29 is 0 Å². The van der Waals surface area contributed by atoms with Gasteiger partial charge in [-0.2, -0.15) is 0 Å².